The summed E-state index contributed by atoms with van der Waals surface area (Å²) in [5.74, 6) is 0.755. The topological polar surface area (TPSA) is 12.0 Å². The van der Waals surface area contributed by atoms with E-state index < -0.39 is 0 Å². The molecule has 0 aliphatic heterocycles. The van der Waals surface area contributed by atoms with Crippen LogP contribution in [0.15, 0.2) is 11.6 Å². The Labute approximate surface area is 83.6 Å². The number of hydrogen-bond acceptors (Lipinski definition) is 1. The van der Waals surface area contributed by atoms with Crippen LogP contribution >= 0.6 is 0 Å². The van der Waals surface area contributed by atoms with Gasteiger partial charge in [-0.1, -0.05) is 25.5 Å². The molecule has 0 aromatic rings. The maximum Gasteiger partial charge on any atom is 0.00417 e. The average Bonchev–Trinajstić information content (AvgIpc) is 2.00. The Balaban J connectivity index is 3.40. The van der Waals surface area contributed by atoms with Crippen molar-refractivity contribution in [3.63, 3.8) is 0 Å². The van der Waals surface area contributed by atoms with Crippen LogP contribution in [0.1, 0.15) is 47.5 Å². The van der Waals surface area contributed by atoms with Crippen molar-refractivity contribution in [2.75, 3.05) is 6.54 Å². The summed E-state index contributed by atoms with van der Waals surface area (Å²) < 4.78 is 0. The smallest absolute Gasteiger partial charge is 0.00417 e. The molecule has 0 radical (unpaired) electrons. The molecule has 1 atom stereocenters. The van der Waals surface area contributed by atoms with Crippen LogP contribution in [0.5, 0.6) is 0 Å². The van der Waals surface area contributed by atoms with Gasteiger partial charge in [0.1, 0.15) is 0 Å². The highest BCUT2D eigenvalue weighted by Crippen LogP contribution is 2.01. The summed E-state index contributed by atoms with van der Waals surface area (Å²) in [6, 6.07) is 0.651. The first kappa shape index (κ1) is 12.7. The molecule has 1 heteroatoms. The zero-order chi connectivity index (χ0) is 10.3. The first-order valence-corrected chi connectivity index (χ1v) is 5.39. The largest absolute Gasteiger partial charge is 0.314 e. The van der Waals surface area contributed by atoms with Crippen LogP contribution in [0.4, 0.5) is 0 Å². The summed E-state index contributed by atoms with van der Waals surface area (Å²) in [4.78, 5) is 0. The van der Waals surface area contributed by atoms with Crippen LogP contribution in [0.3, 0.4) is 0 Å². The van der Waals surface area contributed by atoms with Crippen molar-refractivity contribution >= 4 is 0 Å². The molecule has 0 saturated carbocycles. The normalized spacial score (nSPS) is 13.1. The molecule has 0 amide bonds. The van der Waals surface area contributed by atoms with Crippen molar-refractivity contribution in [1.29, 1.82) is 0 Å². The lowest BCUT2D eigenvalue weighted by Crippen LogP contribution is -2.29. The number of allylic oxidation sites excluding steroid dienone is 2. The van der Waals surface area contributed by atoms with Gasteiger partial charge in [-0.15, -0.1) is 0 Å². The Bertz CT molecular complexity index is 143. The third-order valence-corrected chi connectivity index (χ3v) is 2.03. The second kappa shape index (κ2) is 7.14. The minimum Gasteiger partial charge on any atom is -0.314 e. The molecule has 0 fully saturated rings. The van der Waals surface area contributed by atoms with Gasteiger partial charge in [0.15, 0.2) is 0 Å². The minimum absolute atomic E-state index is 0.651. The molecule has 1 nitrogen and oxygen atoms in total. The Morgan fingerprint density at radius 3 is 2.31 bits per heavy atom. The molecular formula is C12H25N. The molecule has 13 heavy (non-hydrogen) atoms. The van der Waals surface area contributed by atoms with Gasteiger partial charge in [-0.05, 0) is 46.1 Å². The van der Waals surface area contributed by atoms with Gasteiger partial charge in [-0.3, -0.25) is 0 Å². The van der Waals surface area contributed by atoms with Gasteiger partial charge < -0.3 is 5.32 Å². The minimum atomic E-state index is 0.651. The molecule has 0 saturated heterocycles. The van der Waals surface area contributed by atoms with E-state index in [-0.39, 0.29) is 0 Å². The lowest BCUT2D eigenvalue weighted by Gasteiger charge is -2.14. The molecule has 0 aliphatic carbocycles. The predicted molar refractivity (Wildman–Crippen MR) is 61.0 cm³/mol. The highest BCUT2D eigenvalue weighted by molar-refractivity contribution is 4.93. The Hall–Kier alpha value is -0.300. The maximum atomic E-state index is 3.53. The third-order valence-electron chi connectivity index (χ3n) is 2.03. The monoisotopic (exact) mass is 183 g/mol. The Kier molecular flexibility index (Phi) is 6.97. The number of rotatable bonds is 6. The average molecular weight is 183 g/mol. The zero-order valence-electron chi connectivity index (χ0n) is 9.85. The second-order valence-corrected chi connectivity index (χ2v) is 4.56. The summed E-state index contributed by atoms with van der Waals surface area (Å²) in [6.45, 7) is 12.2. The van der Waals surface area contributed by atoms with E-state index in [0.717, 1.165) is 12.5 Å². The van der Waals surface area contributed by atoms with Gasteiger partial charge in [0.05, 0.1) is 0 Å². The van der Waals surface area contributed by atoms with Crippen LogP contribution in [0.2, 0.25) is 0 Å². The van der Waals surface area contributed by atoms with Crippen LogP contribution < -0.4 is 5.32 Å². The molecule has 0 bridgehead atoms. The zero-order valence-corrected chi connectivity index (χ0v) is 9.85. The fourth-order valence-electron chi connectivity index (χ4n) is 1.16. The summed E-state index contributed by atoms with van der Waals surface area (Å²) in [5, 5.41) is 3.53. The molecule has 78 valence electrons. The van der Waals surface area contributed by atoms with Crippen LogP contribution in [0.25, 0.3) is 0 Å². The molecule has 0 rings (SSSR count). The van der Waals surface area contributed by atoms with E-state index in [0.29, 0.717) is 6.04 Å². The molecular weight excluding hydrogens is 158 g/mol. The molecule has 0 heterocycles. The van der Waals surface area contributed by atoms with Gasteiger partial charge in [0, 0.05) is 6.04 Å². The molecule has 0 aliphatic rings. The maximum absolute atomic E-state index is 3.53. The first-order chi connectivity index (χ1) is 6.02. The Morgan fingerprint density at radius 1 is 1.23 bits per heavy atom. The molecule has 1 N–H and O–H groups in total. The van der Waals surface area contributed by atoms with E-state index in [1.165, 1.54) is 18.4 Å². The van der Waals surface area contributed by atoms with E-state index in [1.807, 2.05) is 0 Å². The highest BCUT2D eigenvalue weighted by Gasteiger charge is 2.00. The van der Waals surface area contributed by atoms with E-state index in [4.69, 9.17) is 0 Å². The highest BCUT2D eigenvalue weighted by atomic mass is 14.9. The van der Waals surface area contributed by atoms with Gasteiger partial charge >= 0.3 is 0 Å². The summed E-state index contributed by atoms with van der Waals surface area (Å²) in [6.07, 6.45) is 4.76. The van der Waals surface area contributed by atoms with Crippen molar-refractivity contribution in [1.82, 2.24) is 5.32 Å². The fourth-order valence-corrected chi connectivity index (χ4v) is 1.16. The van der Waals surface area contributed by atoms with Crippen molar-refractivity contribution in [2.45, 2.75) is 53.5 Å². The standard InChI is InChI=1S/C12H25N/c1-10(2)7-6-8-12(5)13-9-11(3)4/h7,11-13H,6,8-9H2,1-5H3/t12-/m1/s1. The van der Waals surface area contributed by atoms with Gasteiger partial charge in [-0.25, -0.2) is 0 Å². The molecule has 0 unspecified atom stereocenters. The van der Waals surface area contributed by atoms with E-state index >= 15 is 0 Å². The fraction of sp³-hybridized carbons (Fsp3) is 0.833. The van der Waals surface area contributed by atoms with Gasteiger partial charge in [-0.2, -0.15) is 0 Å². The van der Waals surface area contributed by atoms with E-state index in [9.17, 15) is 0 Å². The number of nitrogens with one attached hydrogen (secondary N) is 1. The summed E-state index contributed by atoms with van der Waals surface area (Å²) in [5.41, 5.74) is 1.43. The van der Waals surface area contributed by atoms with Crippen LogP contribution in [-0.4, -0.2) is 12.6 Å². The molecule has 0 aromatic heterocycles. The van der Waals surface area contributed by atoms with Crippen molar-refractivity contribution < 1.29 is 0 Å². The van der Waals surface area contributed by atoms with Crippen molar-refractivity contribution in [3.8, 4) is 0 Å². The lowest BCUT2D eigenvalue weighted by molar-refractivity contribution is 0.466. The Morgan fingerprint density at radius 2 is 1.85 bits per heavy atom. The van der Waals surface area contributed by atoms with Crippen LogP contribution in [0, 0.1) is 5.92 Å². The van der Waals surface area contributed by atoms with Gasteiger partial charge in [0.25, 0.3) is 0 Å². The summed E-state index contributed by atoms with van der Waals surface area (Å²) in [7, 11) is 0. The molecule has 0 aromatic carbocycles. The first-order valence-electron chi connectivity index (χ1n) is 5.39. The van der Waals surface area contributed by atoms with E-state index in [1.54, 1.807) is 0 Å². The lowest BCUT2D eigenvalue weighted by atomic mass is 10.1. The van der Waals surface area contributed by atoms with Crippen LogP contribution in [-0.2, 0) is 0 Å². The van der Waals surface area contributed by atoms with Crippen molar-refractivity contribution in [2.24, 2.45) is 5.92 Å². The third kappa shape index (κ3) is 9.62. The second-order valence-electron chi connectivity index (χ2n) is 4.56. The molecule has 0 spiro atoms. The summed E-state index contributed by atoms with van der Waals surface area (Å²) >= 11 is 0. The van der Waals surface area contributed by atoms with Gasteiger partial charge in [0.2, 0.25) is 0 Å². The number of hydrogen-bond donors (Lipinski definition) is 1. The quantitative estimate of drug-likeness (QED) is 0.623. The van der Waals surface area contributed by atoms with Crippen molar-refractivity contribution in [3.05, 3.63) is 11.6 Å². The SMILES string of the molecule is CC(C)=CCC[C@@H](C)NCC(C)C. The van der Waals surface area contributed by atoms with E-state index in [2.05, 4.69) is 46.0 Å². The predicted octanol–water partition coefficient (Wildman–Crippen LogP) is 3.37.